The summed E-state index contributed by atoms with van der Waals surface area (Å²) in [7, 11) is 1.57. The van der Waals surface area contributed by atoms with Crippen molar-refractivity contribution < 1.29 is 0 Å². The van der Waals surface area contributed by atoms with E-state index in [1.165, 1.54) is 5.56 Å². The average molecular weight is 370 g/mol. The maximum atomic E-state index is 6.38. The van der Waals surface area contributed by atoms with Crippen LogP contribution in [0.25, 0.3) is 0 Å². The highest BCUT2D eigenvalue weighted by molar-refractivity contribution is 14.2. The van der Waals surface area contributed by atoms with E-state index < -0.39 is 0 Å². The van der Waals surface area contributed by atoms with Gasteiger partial charge in [-0.25, -0.2) is 4.72 Å². The number of hydrogen-bond donors (Lipinski definition) is 2. The molecule has 0 aromatic heterocycles. The van der Waals surface area contributed by atoms with E-state index in [0.717, 1.165) is 5.56 Å². The maximum Gasteiger partial charge on any atom is 0.0621 e. The van der Waals surface area contributed by atoms with Crippen molar-refractivity contribution >= 4 is 30.3 Å². The third-order valence-electron chi connectivity index (χ3n) is 2.87. The summed E-state index contributed by atoms with van der Waals surface area (Å²) < 4.78 is 3.38. The number of rotatable bonds is 5. The van der Waals surface area contributed by atoms with Crippen LogP contribution in [-0.2, 0) is 0 Å². The molecule has 0 aliphatic rings. The van der Waals surface area contributed by atoms with Gasteiger partial charge in [0.05, 0.1) is 12.1 Å². The lowest BCUT2D eigenvalue weighted by Crippen LogP contribution is -2.27. The van der Waals surface area contributed by atoms with Crippen molar-refractivity contribution in [3.63, 3.8) is 0 Å². The van der Waals surface area contributed by atoms with E-state index in [2.05, 4.69) is 50.2 Å². The molecule has 2 rings (SSSR count). The van der Waals surface area contributed by atoms with Crippen molar-refractivity contribution in [1.29, 1.82) is 0 Å². The van der Waals surface area contributed by atoms with Gasteiger partial charge in [0, 0.05) is 21.2 Å². The first kappa shape index (κ1) is 13.9. The molecule has 2 aromatic carbocycles. The summed E-state index contributed by atoms with van der Waals surface area (Å²) >= 11 is 2.23. The highest BCUT2D eigenvalue weighted by atomic mass is 127. The number of halogens is 1. The fourth-order valence-electron chi connectivity index (χ4n) is 1.92. The number of benzene rings is 2. The lowest BCUT2D eigenvalue weighted by atomic mass is 9.95. The molecule has 0 saturated carbocycles. The van der Waals surface area contributed by atoms with Gasteiger partial charge in [-0.1, -0.05) is 60.7 Å². The van der Waals surface area contributed by atoms with Gasteiger partial charge >= 0.3 is 0 Å². The van der Waals surface area contributed by atoms with Crippen LogP contribution < -0.4 is 10.5 Å². The third-order valence-corrected chi connectivity index (χ3v) is 3.98. The summed E-state index contributed by atoms with van der Waals surface area (Å²) in [5, 5.41) is 0. The first-order valence-corrected chi connectivity index (χ1v) is 9.07. The Morgan fingerprint density at radius 3 is 1.89 bits per heavy atom. The molecule has 0 fully saturated rings. The molecule has 1 unspecified atom stereocenters. The Bertz CT molecular complexity index is 464. The van der Waals surface area contributed by atoms with Crippen LogP contribution in [0.1, 0.15) is 23.2 Å². The Hall–Kier alpha value is -0.560. The molecule has 0 saturated heterocycles. The van der Waals surface area contributed by atoms with Crippen LogP contribution in [0.15, 0.2) is 60.7 Å². The van der Waals surface area contributed by atoms with Gasteiger partial charge in [-0.05, 0) is 20.2 Å². The van der Waals surface area contributed by atoms with E-state index in [1.54, 1.807) is 9.12 Å². The van der Waals surface area contributed by atoms with E-state index in [0.29, 0.717) is 0 Å². The van der Waals surface area contributed by atoms with Gasteiger partial charge in [-0.3, -0.25) is 0 Å². The second-order valence-electron chi connectivity index (χ2n) is 4.02. The molecule has 2 aromatic rings. The van der Waals surface area contributed by atoms with E-state index in [9.17, 15) is 0 Å². The van der Waals surface area contributed by atoms with Crippen molar-refractivity contribution in [2.75, 3.05) is 0 Å². The van der Waals surface area contributed by atoms with Gasteiger partial charge in [0.25, 0.3) is 0 Å². The van der Waals surface area contributed by atoms with E-state index in [-0.39, 0.29) is 12.1 Å². The van der Waals surface area contributed by atoms with Gasteiger partial charge in [0.2, 0.25) is 0 Å². The molecular weight excluding hydrogens is 355 g/mol. The highest BCUT2D eigenvalue weighted by Gasteiger charge is 2.20. The lowest BCUT2D eigenvalue weighted by Gasteiger charge is -2.24. The van der Waals surface area contributed by atoms with Gasteiger partial charge in [-0.15, -0.1) is 0 Å². The van der Waals surface area contributed by atoms with Crippen LogP contribution in [0.5, 0.6) is 0 Å². The van der Waals surface area contributed by atoms with Crippen molar-refractivity contribution in [3.8, 4) is 0 Å². The summed E-state index contributed by atoms with van der Waals surface area (Å²) in [6, 6.07) is 20.6. The first-order valence-electron chi connectivity index (χ1n) is 5.71. The van der Waals surface area contributed by atoms with Crippen molar-refractivity contribution in [2.24, 2.45) is 5.73 Å². The van der Waals surface area contributed by atoms with Gasteiger partial charge in [-0.2, -0.15) is 0 Å². The zero-order valence-electron chi connectivity index (χ0n) is 9.79. The Balaban J connectivity index is 2.26. The molecule has 0 spiro atoms. The summed E-state index contributed by atoms with van der Waals surface area (Å²) in [5.41, 5.74) is 8.73. The zero-order chi connectivity index (χ0) is 12.8. The van der Waals surface area contributed by atoms with E-state index >= 15 is 0 Å². The van der Waals surface area contributed by atoms with Crippen molar-refractivity contribution in [1.82, 2.24) is 4.72 Å². The van der Waals surface area contributed by atoms with Crippen LogP contribution in [0.2, 0.25) is 0 Å². The number of nitrogens with two attached hydrogens (primary N) is 1. The Morgan fingerprint density at radius 1 is 0.889 bits per heavy atom. The van der Waals surface area contributed by atoms with Crippen LogP contribution in [0.4, 0.5) is 0 Å². The second-order valence-corrected chi connectivity index (χ2v) is 5.73. The molecule has 2 atom stereocenters. The van der Waals surface area contributed by atoms with Crippen LogP contribution >= 0.6 is 30.3 Å². The molecule has 94 valence electrons. The van der Waals surface area contributed by atoms with Crippen LogP contribution in [0, 0.1) is 0 Å². The molecule has 0 heterocycles. The van der Waals surface area contributed by atoms with E-state index in [4.69, 9.17) is 5.73 Å². The molecular formula is C14H15IN2S. The van der Waals surface area contributed by atoms with Crippen molar-refractivity contribution in [2.45, 2.75) is 12.1 Å². The monoisotopic (exact) mass is 370 g/mol. The predicted molar refractivity (Wildman–Crippen MR) is 87.3 cm³/mol. The fourth-order valence-corrected chi connectivity index (χ4v) is 3.13. The van der Waals surface area contributed by atoms with Crippen molar-refractivity contribution in [3.05, 3.63) is 71.8 Å². The highest BCUT2D eigenvalue weighted by Crippen LogP contribution is 2.29. The minimum absolute atomic E-state index is 0.0594. The average Bonchev–Trinajstić information content (AvgIpc) is 2.46. The molecule has 2 nitrogen and oxygen atoms in total. The van der Waals surface area contributed by atoms with Gasteiger partial charge < -0.3 is 5.73 Å². The molecule has 0 aliphatic carbocycles. The summed E-state index contributed by atoms with van der Waals surface area (Å²) in [5.74, 6) is 0. The quantitative estimate of drug-likeness (QED) is 0.617. The van der Waals surface area contributed by atoms with Gasteiger partial charge in [0.1, 0.15) is 0 Å². The molecule has 0 radical (unpaired) electrons. The summed E-state index contributed by atoms with van der Waals surface area (Å²) in [4.78, 5) is 0. The second kappa shape index (κ2) is 7.13. The minimum atomic E-state index is -0.0594. The summed E-state index contributed by atoms with van der Waals surface area (Å²) in [6.07, 6.45) is 0. The third kappa shape index (κ3) is 3.47. The molecule has 0 aliphatic heterocycles. The van der Waals surface area contributed by atoms with Crippen LogP contribution in [0.3, 0.4) is 0 Å². The topological polar surface area (TPSA) is 38.0 Å². The predicted octanol–water partition coefficient (Wildman–Crippen LogP) is 4.02. The summed E-state index contributed by atoms with van der Waals surface area (Å²) in [6.45, 7) is 0. The maximum absolute atomic E-state index is 6.38. The zero-order valence-corrected chi connectivity index (χ0v) is 12.8. The minimum Gasteiger partial charge on any atom is -0.322 e. The number of nitrogens with one attached hydrogen (secondary N) is 1. The molecule has 0 amide bonds. The largest absolute Gasteiger partial charge is 0.322 e. The Labute approximate surface area is 124 Å². The fraction of sp³-hybridized carbons (Fsp3) is 0.143. The van der Waals surface area contributed by atoms with Gasteiger partial charge in [0.15, 0.2) is 0 Å². The first-order chi connectivity index (χ1) is 8.83. The molecule has 0 bridgehead atoms. The molecule has 4 heteroatoms. The molecule has 3 N–H and O–H groups in total. The SMILES string of the molecule is NC(c1ccccc1)[C@@H](NSI)c1ccccc1. The molecule has 18 heavy (non-hydrogen) atoms. The number of hydrogen-bond acceptors (Lipinski definition) is 3. The standard InChI is InChI=1S/C14H15IN2S/c15-18-17-14(12-9-5-2-6-10-12)13(16)11-7-3-1-4-8-11/h1-10,13-14,17H,16H2/t13?,14-/m0/s1. The smallest absolute Gasteiger partial charge is 0.0621 e. The Morgan fingerprint density at radius 2 is 1.39 bits per heavy atom. The Kier molecular flexibility index (Phi) is 5.49. The van der Waals surface area contributed by atoms with Crippen LogP contribution in [-0.4, -0.2) is 0 Å². The normalized spacial score (nSPS) is 14.1. The lowest BCUT2D eigenvalue weighted by molar-refractivity contribution is 0.544. The van der Waals surface area contributed by atoms with E-state index in [1.807, 2.05) is 36.4 Å².